The highest BCUT2D eigenvalue weighted by molar-refractivity contribution is 9.10. The van der Waals surface area contributed by atoms with Gasteiger partial charge in [-0.05, 0) is 40.0 Å². The Bertz CT molecular complexity index is 927. The van der Waals surface area contributed by atoms with Crippen LogP contribution in [0.2, 0.25) is 5.28 Å². The average Bonchev–Trinajstić information content (AvgIpc) is 3.06. The first-order chi connectivity index (χ1) is 12.5. The van der Waals surface area contributed by atoms with Crippen LogP contribution in [0.25, 0.3) is 10.9 Å². The zero-order valence-corrected chi connectivity index (χ0v) is 16.0. The van der Waals surface area contributed by atoms with E-state index >= 15 is 0 Å². The van der Waals surface area contributed by atoms with Gasteiger partial charge in [-0.3, -0.25) is 0 Å². The van der Waals surface area contributed by atoms with E-state index in [1.165, 1.54) is 9.80 Å². The number of halogens is 6. The Kier molecular flexibility index (Phi) is 5.10. The molecule has 1 fully saturated rings. The van der Waals surface area contributed by atoms with Gasteiger partial charge in [0.2, 0.25) is 5.28 Å². The molecule has 1 atom stereocenters. The molecule has 2 heterocycles. The number of rotatable bonds is 2. The predicted octanol–water partition coefficient (Wildman–Crippen LogP) is 4.39. The summed E-state index contributed by atoms with van der Waals surface area (Å²) in [7, 11) is 1.54. The first kappa shape index (κ1) is 19.9. The SMILES string of the molecule is CN(c1nc(Cl)nc2c(F)c(Br)c(C(F)(F)F)cc12)C1CCN(C(=O)O)C1. The normalized spacial score (nSPS) is 17.6. The zero-order chi connectivity index (χ0) is 20.1. The number of carboxylic acid groups (broad SMARTS) is 1. The molecule has 12 heteroatoms. The first-order valence-corrected chi connectivity index (χ1v) is 8.81. The van der Waals surface area contributed by atoms with Gasteiger partial charge in [0, 0.05) is 31.6 Å². The van der Waals surface area contributed by atoms with Crippen LogP contribution >= 0.6 is 27.5 Å². The zero-order valence-electron chi connectivity index (χ0n) is 13.7. The van der Waals surface area contributed by atoms with E-state index in [1.54, 1.807) is 7.05 Å². The number of hydrogen-bond donors (Lipinski definition) is 1. The van der Waals surface area contributed by atoms with Gasteiger partial charge < -0.3 is 14.9 Å². The summed E-state index contributed by atoms with van der Waals surface area (Å²) in [6.07, 6.45) is -5.45. The lowest BCUT2D eigenvalue weighted by molar-refractivity contribution is -0.138. The van der Waals surface area contributed by atoms with Crippen molar-refractivity contribution in [2.45, 2.75) is 18.6 Å². The number of nitrogens with zero attached hydrogens (tertiary/aromatic N) is 4. The van der Waals surface area contributed by atoms with Crippen LogP contribution in [0.5, 0.6) is 0 Å². The molecule has 0 bridgehead atoms. The fourth-order valence-corrected chi connectivity index (χ4v) is 3.73. The average molecular weight is 472 g/mol. The highest BCUT2D eigenvalue weighted by Crippen LogP contribution is 2.41. The van der Waals surface area contributed by atoms with Crippen molar-refractivity contribution in [3.63, 3.8) is 0 Å². The molecule has 0 saturated carbocycles. The number of alkyl halides is 3. The number of fused-ring (bicyclic) bond motifs is 1. The number of hydrogen-bond acceptors (Lipinski definition) is 4. The number of likely N-dealkylation sites (tertiary alicyclic amines) is 1. The Labute approximate surface area is 163 Å². The molecule has 1 aromatic heterocycles. The second kappa shape index (κ2) is 6.93. The number of anilines is 1. The predicted molar refractivity (Wildman–Crippen MR) is 93.6 cm³/mol. The molecule has 0 radical (unpaired) electrons. The molecule has 1 aliphatic rings. The summed E-state index contributed by atoms with van der Waals surface area (Å²) in [5.74, 6) is -1.20. The molecule has 146 valence electrons. The molecule has 3 rings (SSSR count). The number of likely N-dealkylation sites (N-methyl/N-ethyl adjacent to an activating group) is 1. The highest BCUT2D eigenvalue weighted by Gasteiger charge is 2.37. The summed E-state index contributed by atoms with van der Waals surface area (Å²) in [4.78, 5) is 21.5. The largest absolute Gasteiger partial charge is 0.465 e. The fourth-order valence-electron chi connectivity index (χ4n) is 3.04. The minimum Gasteiger partial charge on any atom is -0.465 e. The molecule has 0 spiro atoms. The van der Waals surface area contributed by atoms with E-state index in [4.69, 9.17) is 16.7 Å². The van der Waals surface area contributed by atoms with E-state index in [-0.39, 0.29) is 41.1 Å². The smallest absolute Gasteiger partial charge is 0.417 e. The van der Waals surface area contributed by atoms with Crippen molar-refractivity contribution in [1.82, 2.24) is 14.9 Å². The summed E-state index contributed by atoms with van der Waals surface area (Å²) in [5, 5.41) is 8.58. The number of amides is 1. The van der Waals surface area contributed by atoms with Gasteiger partial charge in [-0.1, -0.05) is 0 Å². The first-order valence-electron chi connectivity index (χ1n) is 7.63. The van der Waals surface area contributed by atoms with Crippen molar-refractivity contribution < 1.29 is 27.5 Å². The van der Waals surface area contributed by atoms with Crippen LogP contribution in [-0.4, -0.2) is 52.2 Å². The number of aromatic nitrogens is 2. The van der Waals surface area contributed by atoms with Crippen molar-refractivity contribution >= 4 is 50.3 Å². The molecule has 27 heavy (non-hydrogen) atoms. The second-order valence-electron chi connectivity index (χ2n) is 6.04. The van der Waals surface area contributed by atoms with Crippen LogP contribution in [0.15, 0.2) is 10.5 Å². The summed E-state index contributed by atoms with van der Waals surface area (Å²) < 4.78 is 53.6. The van der Waals surface area contributed by atoms with E-state index in [9.17, 15) is 22.4 Å². The lowest BCUT2D eigenvalue weighted by atomic mass is 10.1. The van der Waals surface area contributed by atoms with Crippen LogP contribution < -0.4 is 4.90 Å². The molecular weight excluding hydrogens is 460 g/mol. The molecule has 6 nitrogen and oxygen atoms in total. The van der Waals surface area contributed by atoms with Gasteiger partial charge >= 0.3 is 12.3 Å². The van der Waals surface area contributed by atoms with Crippen molar-refractivity contribution in [2.24, 2.45) is 0 Å². The Morgan fingerprint density at radius 3 is 2.67 bits per heavy atom. The highest BCUT2D eigenvalue weighted by atomic mass is 79.9. The minimum absolute atomic E-state index is 0.000797. The third kappa shape index (κ3) is 3.62. The van der Waals surface area contributed by atoms with E-state index in [1.807, 2.05) is 0 Å². The maximum Gasteiger partial charge on any atom is 0.417 e. The van der Waals surface area contributed by atoms with E-state index < -0.39 is 28.1 Å². The summed E-state index contributed by atoms with van der Waals surface area (Å²) in [6, 6.07) is 0.408. The van der Waals surface area contributed by atoms with Crippen LogP contribution in [-0.2, 0) is 6.18 Å². The molecule has 1 aliphatic heterocycles. The summed E-state index contributed by atoms with van der Waals surface area (Å²) in [6.45, 7) is 0.412. The van der Waals surface area contributed by atoms with Crippen molar-refractivity contribution in [3.8, 4) is 0 Å². The van der Waals surface area contributed by atoms with Gasteiger partial charge in [0.15, 0.2) is 5.82 Å². The van der Waals surface area contributed by atoms with E-state index in [0.717, 1.165) is 6.07 Å². The maximum atomic E-state index is 14.6. The van der Waals surface area contributed by atoms with Crippen LogP contribution in [0.1, 0.15) is 12.0 Å². The molecule has 1 amide bonds. The maximum absolute atomic E-state index is 14.6. The molecule has 1 saturated heterocycles. The number of benzene rings is 1. The van der Waals surface area contributed by atoms with E-state index in [2.05, 4.69) is 25.9 Å². The van der Waals surface area contributed by atoms with Crippen molar-refractivity contribution in [2.75, 3.05) is 25.0 Å². The van der Waals surface area contributed by atoms with Gasteiger partial charge in [0.1, 0.15) is 11.3 Å². The summed E-state index contributed by atoms with van der Waals surface area (Å²) >= 11 is 8.48. The van der Waals surface area contributed by atoms with E-state index in [0.29, 0.717) is 6.42 Å². The van der Waals surface area contributed by atoms with Crippen LogP contribution in [0, 0.1) is 5.82 Å². The Hall–Kier alpha value is -1.88. The van der Waals surface area contributed by atoms with Crippen molar-refractivity contribution in [1.29, 1.82) is 0 Å². The van der Waals surface area contributed by atoms with Gasteiger partial charge in [-0.15, -0.1) is 0 Å². The molecule has 1 aromatic carbocycles. The number of carbonyl (C=O) groups is 1. The lowest BCUT2D eigenvalue weighted by Gasteiger charge is -2.27. The third-order valence-corrected chi connectivity index (χ3v) is 5.39. The topological polar surface area (TPSA) is 69.6 Å². The van der Waals surface area contributed by atoms with Crippen LogP contribution in [0.3, 0.4) is 0 Å². The fraction of sp³-hybridized carbons (Fsp3) is 0.400. The van der Waals surface area contributed by atoms with Gasteiger partial charge in [0.05, 0.1) is 10.0 Å². The molecule has 2 aromatic rings. The standard InChI is InChI=1S/C15H12BrClF4N4O2/c1-24(6-2-3-25(5-6)14(26)27)12-7-4-8(15(19,20)21)9(16)10(18)11(7)22-13(17)23-12/h4,6H,2-3,5H2,1H3,(H,26,27). The Balaban J connectivity index is 2.15. The Morgan fingerprint density at radius 2 is 2.11 bits per heavy atom. The third-order valence-electron chi connectivity index (χ3n) is 4.45. The van der Waals surface area contributed by atoms with Gasteiger partial charge in [-0.25, -0.2) is 14.2 Å². The summed E-state index contributed by atoms with van der Waals surface area (Å²) in [5.41, 5.74) is -1.56. The minimum atomic E-state index is -4.79. The molecule has 0 aliphatic carbocycles. The molecule has 1 N–H and O–H groups in total. The molecular formula is C15H12BrClF4N4O2. The quantitative estimate of drug-likeness (QED) is 0.520. The second-order valence-corrected chi connectivity index (χ2v) is 7.18. The molecule has 1 unspecified atom stereocenters. The van der Waals surface area contributed by atoms with Crippen LogP contribution in [0.4, 0.5) is 28.2 Å². The Morgan fingerprint density at radius 1 is 1.44 bits per heavy atom. The van der Waals surface area contributed by atoms with Crippen molar-refractivity contribution in [3.05, 3.63) is 27.2 Å². The van der Waals surface area contributed by atoms with Gasteiger partial charge in [0.25, 0.3) is 0 Å². The lowest BCUT2D eigenvalue weighted by Crippen LogP contribution is -2.36. The monoisotopic (exact) mass is 470 g/mol. The van der Waals surface area contributed by atoms with Gasteiger partial charge in [-0.2, -0.15) is 18.2 Å².